The molecule has 2 N–H and O–H groups in total. The first-order chi connectivity index (χ1) is 11.5. The molecule has 5 nitrogen and oxygen atoms in total. The van der Waals surface area contributed by atoms with Gasteiger partial charge in [0, 0.05) is 15.1 Å². The Labute approximate surface area is 158 Å². The van der Waals surface area contributed by atoms with Crippen molar-refractivity contribution in [2.24, 2.45) is 0 Å². The highest BCUT2D eigenvalue weighted by Gasteiger charge is 2.11. The van der Waals surface area contributed by atoms with Gasteiger partial charge in [-0.05, 0) is 58.5 Å². The first kappa shape index (κ1) is 18.5. The molecule has 0 aliphatic carbocycles. The lowest BCUT2D eigenvalue weighted by Gasteiger charge is -2.09. The average molecular weight is 459 g/mol. The first-order valence-corrected chi connectivity index (χ1v) is 8.58. The number of hydrogen-bond donors (Lipinski definition) is 2. The summed E-state index contributed by atoms with van der Waals surface area (Å²) in [7, 11) is 1.60. The lowest BCUT2D eigenvalue weighted by molar-refractivity contribution is -0.120. The predicted octanol–water partition coefficient (Wildman–Crippen LogP) is 3.00. The smallest absolute Gasteiger partial charge is 0.252 e. The summed E-state index contributed by atoms with van der Waals surface area (Å²) in [5.41, 5.74) is 1.44. The summed E-state index contributed by atoms with van der Waals surface area (Å²) in [6.45, 7) is 0.296. The summed E-state index contributed by atoms with van der Waals surface area (Å²) < 4.78 is 5.81. The van der Waals surface area contributed by atoms with Gasteiger partial charge in [0.2, 0.25) is 5.91 Å². The molecule has 0 saturated heterocycles. The van der Waals surface area contributed by atoms with Crippen molar-refractivity contribution < 1.29 is 14.3 Å². The van der Waals surface area contributed by atoms with Crippen molar-refractivity contribution in [3.63, 3.8) is 0 Å². The van der Waals surface area contributed by atoms with Crippen LogP contribution in [0.4, 0.5) is 0 Å². The van der Waals surface area contributed by atoms with Gasteiger partial charge in [0.15, 0.2) is 0 Å². The van der Waals surface area contributed by atoms with Gasteiger partial charge < -0.3 is 15.4 Å². The average Bonchev–Trinajstić information content (AvgIpc) is 2.58. The van der Waals surface area contributed by atoms with E-state index in [1.165, 1.54) is 0 Å². The molecular weight excluding hydrogens is 443 g/mol. The lowest BCUT2D eigenvalue weighted by atomic mass is 10.2. The molecule has 0 fully saturated rings. The van der Waals surface area contributed by atoms with Crippen LogP contribution < -0.4 is 15.4 Å². The zero-order valence-corrected chi connectivity index (χ0v) is 15.8. The van der Waals surface area contributed by atoms with Crippen LogP contribution in [0.5, 0.6) is 5.75 Å². The Kier molecular flexibility index (Phi) is 6.86. The van der Waals surface area contributed by atoms with Gasteiger partial charge in [-0.1, -0.05) is 23.7 Å². The molecule has 2 aromatic rings. The summed E-state index contributed by atoms with van der Waals surface area (Å²) >= 11 is 7.89. The van der Waals surface area contributed by atoms with E-state index in [1.807, 2.05) is 46.9 Å². The third-order valence-corrected chi connectivity index (χ3v) is 4.36. The summed E-state index contributed by atoms with van der Waals surface area (Å²) in [6, 6.07) is 12.4. The van der Waals surface area contributed by atoms with Crippen LogP contribution in [0, 0.1) is 3.57 Å². The molecule has 2 aromatic carbocycles. The van der Waals surface area contributed by atoms with Crippen molar-refractivity contribution in [3.8, 4) is 5.75 Å². The van der Waals surface area contributed by atoms with Crippen LogP contribution >= 0.6 is 34.2 Å². The second kappa shape index (κ2) is 8.89. The minimum absolute atomic E-state index is 0.0896. The topological polar surface area (TPSA) is 67.4 Å². The molecule has 2 rings (SSSR count). The van der Waals surface area contributed by atoms with Crippen molar-refractivity contribution in [2.75, 3.05) is 13.7 Å². The summed E-state index contributed by atoms with van der Waals surface area (Å²) in [4.78, 5) is 23.9. The molecule has 7 heteroatoms. The van der Waals surface area contributed by atoms with Crippen molar-refractivity contribution in [1.29, 1.82) is 0 Å². The predicted molar refractivity (Wildman–Crippen MR) is 101 cm³/mol. The number of ether oxygens (including phenoxy) is 1. The Morgan fingerprint density at radius 2 is 1.83 bits per heavy atom. The Bertz CT molecular complexity index is 735. The molecular formula is C17H16ClIN2O3. The summed E-state index contributed by atoms with van der Waals surface area (Å²) in [5.74, 6) is 0.189. The number of nitrogens with one attached hydrogen (secondary N) is 2. The van der Waals surface area contributed by atoms with Crippen LogP contribution in [-0.4, -0.2) is 25.5 Å². The van der Waals surface area contributed by atoms with E-state index in [9.17, 15) is 9.59 Å². The fourth-order valence-corrected chi connectivity index (χ4v) is 3.05. The monoisotopic (exact) mass is 458 g/mol. The molecule has 0 bridgehead atoms. The van der Waals surface area contributed by atoms with Crippen molar-refractivity contribution in [2.45, 2.75) is 6.54 Å². The van der Waals surface area contributed by atoms with Crippen LogP contribution in [0.25, 0.3) is 0 Å². The standard InChI is InChI=1S/C17H16ClIN2O3/c1-24-13-5-2-11(3-6-13)9-20-16(22)10-21-17(23)14-7-4-12(18)8-15(14)19/h2-8H,9-10H2,1H3,(H,20,22)(H,21,23). The molecule has 0 radical (unpaired) electrons. The molecule has 2 amide bonds. The summed E-state index contributed by atoms with van der Waals surface area (Å²) in [6.07, 6.45) is 0. The van der Waals surface area contributed by atoms with E-state index < -0.39 is 0 Å². The van der Waals surface area contributed by atoms with Gasteiger partial charge in [0.25, 0.3) is 5.91 Å². The van der Waals surface area contributed by atoms with Gasteiger partial charge in [0.1, 0.15) is 5.75 Å². The Morgan fingerprint density at radius 1 is 1.12 bits per heavy atom. The van der Waals surface area contributed by atoms with E-state index in [4.69, 9.17) is 16.3 Å². The van der Waals surface area contributed by atoms with E-state index >= 15 is 0 Å². The van der Waals surface area contributed by atoms with Crippen LogP contribution in [0.3, 0.4) is 0 Å². The maximum atomic E-state index is 12.1. The highest BCUT2D eigenvalue weighted by molar-refractivity contribution is 14.1. The van der Waals surface area contributed by atoms with E-state index in [0.29, 0.717) is 17.1 Å². The maximum Gasteiger partial charge on any atom is 0.252 e. The Morgan fingerprint density at radius 3 is 2.46 bits per heavy atom. The summed E-state index contributed by atoms with van der Waals surface area (Å²) in [5, 5.41) is 5.91. The lowest BCUT2D eigenvalue weighted by Crippen LogP contribution is -2.36. The minimum atomic E-state index is -0.310. The van der Waals surface area contributed by atoms with Crippen LogP contribution in [-0.2, 0) is 11.3 Å². The van der Waals surface area contributed by atoms with E-state index in [0.717, 1.165) is 14.9 Å². The zero-order valence-electron chi connectivity index (χ0n) is 12.9. The number of amides is 2. The van der Waals surface area contributed by atoms with Gasteiger partial charge in [-0.3, -0.25) is 9.59 Å². The molecule has 126 valence electrons. The SMILES string of the molecule is COc1ccc(CNC(=O)CNC(=O)c2ccc(Cl)cc2I)cc1. The zero-order chi connectivity index (χ0) is 17.5. The van der Waals surface area contributed by atoms with Gasteiger partial charge in [-0.15, -0.1) is 0 Å². The quantitative estimate of drug-likeness (QED) is 0.654. The number of benzene rings is 2. The third kappa shape index (κ3) is 5.38. The third-order valence-electron chi connectivity index (χ3n) is 3.23. The molecule has 0 saturated carbocycles. The number of methoxy groups -OCH3 is 1. The molecule has 0 aliphatic heterocycles. The van der Waals surface area contributed by atoms with Gasteiger partial charge in [0.05, 0.1) is 19.2 Å². The molecule has 0 heterocycles. The molecule has 0 unspecified atom stereocenters. The van der Waals surface area contributed by atoms with Crippen molar-refractivity contribution >= 4 is 46.0 Å². The van der Waals surface area contributed by atoms with Crippen molar-refractivity contribution in [1.82, 2.24) is 10.6 Å². The number of hydrogen-bond acceptors (Lipinski definition) is 3. The molecule has 0 aliphatic rings. The molecule has 24 heavy (non-hydrogen) atoms. The fourth-order valence-electron chi connectivity index (χ4n) is 1.94. The number of halogens is 2. The van der Waals surface area contributed by atoms with Gasteiger partial charge in [-0.2, -0.15) is 0 Å². The maximum absolute atomic E-state index is 12.1. The fraction of sp³-hybridized carbons (Fsp3) is 0.176. The Hall–Kier alpha value is -1.80. The Balaban J connectivity index is 1.80. The number of carbonyl (C=O) groups is 2. The highest BCUT2D eigenvalue weighted by Crippen LogP contribution is 2.17. The highest BCUT2D eigenvalue weighted by atomic mass is 127. The van der Waals surface area contributed by atoms with Gasteiger partial charge in [-0.25, -0.2) is 0 Å². The molecule has 0 spiro atoms. The van der Waals surface area contributed by atoms with Crippen LogP contribution in [0.15, 0.2) is 42.5 Å². The van der Waals surface area contributed by atoms with E-state index in [1.54, 1.807) is 25.3 Å². The van der Waals surface area contributed by atoms with Crippen LogP contribution in [0.1, 0.15) is 15.9 Å². The largest absolute Gasteiger partial charge is 0.497 e. The van der Waals surface area contributed by atoms with Crippen molar-refractivity contribution in [3.05, 3.63) is 62.2 Å². The second-order valence-corrected chi connectivity index (χ2v) is 6.53. The number of carbonyl (C=O) groups excluding carboxylic acids is 2. The number of rotatable bonds is 6. The molecule has 0 atom stereocenters. The first-order valence-electron chi connectivity index (χ1n) is 7.12. The van der Waals surface area contributed by atoms with Gasteiger partial charge >= 0.3 is 0 Å². The van der Waals surface area contributed by atoms with E-state index in [2.05, 4.69) is 10.6 Å². The molecule has 0 aromatic heterocycles. The van der Waals surface area contributed by atoms with E-state index in [-0.39, 0.29) is 18.4 Å². The van der Waals surface area contributed by atoms with Crippen LogP contribution in [0.2, 0.25) is 5.02 Å². The minimum Gasteiger partial charge on any atom is -0.497 e. The second-order valence-electron chi connectivity index (χ2n) is 4.93. The normalized spacial score (nSPS) is 10.1.